The summed E-state index contributed by atoms with van der Waals surface area (Å²) in [6.07, 6.45) is -0.588. The third-order valence-corrected chi connectivity index (χ3v) is 8.48. The van der Waals surface area contributed by atoms with Gasteiger partial charge in [0.25, 0.3) is 10.1 Å². The molecule has 4 aromatic rings. The summed E-state index contributed by atoms with van der Waals surface area (Å²) in [6.45, 7) is 1.46. The lowest BCUT2D eigenvalue weighted by atomic mass is 9.59. The summed E-state index contributed by atoms with van der Waals surface area (Å²) in [7, 11) is -4.48. The van der Waals surface area contributed by atoms with Gasteiger partial charge in [-0.2, -0.15) is 8.42 Å². The van der Waals surface area contributed by atoms with Crippen molar-refractivity contribution in [3.8, 4) is 5.75 Å². The van der Waals surface area contributed by atoms with E-state index in [2.05, 4.69) is 24.3 Å². The average Bonchev–Trinajstić information content (AvgIpc) is 2.92. The fourth-order valence-corrected chi connectivity index (χ4v) is 6.62. The minimum absolute atomic E-state index is 0.0832. The Balaban J connectivity index is 1.23. The van der Waals surface area contributed by atoms with E-state index in [0.29, 0.717) is 11.8 Å². The summed E-state index contributed by atoms with van der Waals surface area (Å²) in [5, 5.41) is 0.535. The molecule has 0 amide bonds. The number of esters is 2. The van der Waals surface area contributed by atoms with Crippen molar-refractivity contribution in [1.29, 1.82) is 0 Å². The lowest BCUT2D eigenvalue weighted by Crippen LogP contribution is -2.39. The fourth-order valence-electron chi connectivity index (χ4n) is 5.93. The van der Waals surface area contributed by atoms with Gasteiger partial charge in [-0.1, -0.05) is 72.8 Å². The van der Waals surface area contributed by atoms with Crippen molar-refractivity contribution >= 4 is 32.8 Å². The molecule has 0 saturated heterocycles. The highest BCUT2D eigenvalue weighted by atomic mass is 32.2. The second kappa shape index (κ2) is 9.08. The van der Waals surface area contributed by atoms with Crippen molar-refractivity contribution in [2.75, 3.05) is 0 Å². The molecule has 4 aromatic carbocycles. The molecule has 7 rings (SSSR count). The van der Waals surface area contributed by atoms with Crippen LogP contribution in [0.5, 0.6) is 5.75 Å². The number of rotatable bonds is 5. The van der Waals surface area contributed by atoms with Gasteiger partial charge in [0, 0.05) is 22.6 Å². The van der Waals surface area contributed by atoms with E-state index in [1.807, 2.05) is 24.3 Å². The molecule has 38 heavy (non-hydrogen) atoms. The van der Waals surface area contributed by atoms with Crippen molar-refractivity contribution in [3.63, 3.8) is 0 Å². The molecule has 0 aromatic heterocycles. The van der Waals surface area contributed by atoms with E-state index in [1.54, 1.807) is 18.2 Å². The summed E-state index contributed by atoms with van der Waals surface area (Å²) in [6, 6.07) is 25.1. The van der Waals surface area contributed by atoms with Crippen LogP contribution in [0.1, 0.15) is 47.4 Å². The first-order chi connectivity index (χ1) is 18.2. The van der Waals surface area contributed by atoms with E-state index in [1.165, 1.54) is 36.2 Å². The lowest BCUT2D eigenvalue weighted by molar-refractivity contribution is -0.165. The quantitative estimate of drug-likeness (QED) is 0.215. The zero-order chi connectivity index (χ0) is 26.6. The number of benzene rings is 4. The van der Waals surface area contributed by atoms with Gasteiger partial charge in [-0.3, -0.25) is 9.35 Å². The first kappa shape index (κ1) is 24.3. The molecule has 0 heterocycles. The molecule has 8 heteroatoms. The van der Waals surface area contributed by atoms with Crippen LogP contribution in [0.4, 0.5) is 0 Å². The van der Waals surface area contributed by atoms with Gasteiger partial charge < -0.3 is 9.47 Å². The number of carbonyl (C=O) groups excluding carboxylic acids is 2. The molecule has 0 radical (unpaired) electrons. The monoisotopic (exact) mass is 528 g/mol. The Kier molecular flexibility index (Phi) is 5.81. The third-order valence-electron chi connectivity index (χ3n) is 7.57. The van der Waals surface area contributed by atoms with Crippen molar-refractivity contribution in [1.82, 2.24) is 0 Å². The highest BCUT2D eigenvalue weighted by molar-refractivity contribution is 7.86. The van der Waals surface area contributed by atoms with Crippen LogP contribution in [-0.4, -0.2) is 31.0 Å². The van der Waals surface area contributed by atoms with E-state index in [-0.39, 0.29) is 27.9 Å². The Hall–Kier alpha value is -4.01. The Bertz CT molecular complexity index is 1660. The molecular formula is C30H24O7S. The van der Waals surface area contributed by atoms with Crippen LogP contribution in [0.15, 0.2) is 89.8 Å². The zero-order valence-corrected chi connectivity index (χ0v) is 21.2. The van der Waals surface area contributed by atoms with Gasteiger partial charge in [0.05, 0.1) is 5.92 Å². The Morgan fingerprint density at radius 1 is 0.816 bits per heavy atom. The molecule has 0 fully saturated rings. The molecule has 2 bridgehead atoms. The molecule has 7 nitrogen and oxygen atoms in total. The van der Waals surface area contributed by atoms with Gasteiger partial charge in [-0.15, -0.1) is 0 Å². The smallest absolute Gasteiger partial charge is 0.352 e. The molecular weight excluding hydrogens is 504 g/mol. The SMILES string of the molecule is CC(OC(=O)C1CC2c3ccccc3C1c1ccccc12)C(=O)Oc1ccc(S(=O)(=O)O)c2ccccc12. The Morgan fingerprint density at radius 3 is 1.97 bits per heavy atom. The van der Waals surface area contributed by atoms with Crippen molar-refractivity contribution in [2.24, 2.45) is 5.92 Å². The maximum Gasteiger partial charge on any atom is 0.352 e. The van der Waals surface area contributed by atoms with Gasteiger partial charge in [-0.25, -0.2) is 4.79 Å². The Morgan fingerprint density at radius 2 is 1.37 bits per heavy atom. The van der Waals surface area contributed by atoms with Crippen LogP contribution in [-0.2, 0) is 24.4 Å². The van der Waals surface area contributed by atoms with Crippen molar-refractivity contribution in [3.05, 3.63) is 107 Å². The highest BCUT2D eigenvalue weighted by Gasteiger charge is 2.47. The summed E-state index contributed by atoms with van der Waals surface area (Å²) in [4.78, 5) is 26.1. The first-order valence-corrected chi connectivity index (χ1v) is 13.8. The highest BCUT2D eigenvalue weighted by Crippen LogP contribution is 2.55. The second-order valence-corrected chi connectivity index (χ2v) is 11.1. The largest absolute Gasteiger partial charge is 0.450 e. The summed E-state index contributed by atoms with van der Waals surface area (Å²) >= 11 is 0. The van der Waals surface area contributed by atoms with Gasteiger partial charge in [0.15, 0.2) is 6.10 Å². The summed E-state index contributed by atoms with van der Waals surface area (Å²) < 4.78 is 44.2. The minimum Gasteiger partial charge on any atom is -0.450 e. The molecule has 0 spiro atoms. The predicted molar refractivity (Wildman–Crippen MR) is 140 cm³/mol. The second-order valence-electron chi connectivity index (χ2n) is 9.71. The molecule has 0 saturated carbocycles. The van der Waals surface area contributed by atoms with Crippen molar-refractivity contribution < 1.29 is 32.0 Å². The third kappa shape index (κ3) is 3.97. The average molecular weight is 529 g/mol. The molecule has 2 unspecified atom stereocenters. The van der Waals surface area contributed by atoms with Crippen LogP contribution >= 0.6 is 0 Å². The molecule has 192 valence electrons. The van der Waals surface area contributed by atoms with Crippen LogP contribution in [0.2, 0.25) is 0 Å². The lowest BCUT2D eigenvalue weighted by Gasteiger charge is -2.44. The normalized spacial score (nSPS) is 20.3. The van der Waals surface area contributed by atoms with Gasteiger partial charge in [-0.05, 0) is 47.7 Å². The molecule has 1 N–H and O–H groups in total. The van der Waals surface area contributed by atoms with Gasteiger partial charge >= 0.3 is 11.9 Å². The van der Waals surface area contributed by atoms with Crippen LogP contribution in [0, 0.1) is 5.92 Å². The van der Waals surface area contributed by atoms with Gasteiger partial charge in [0.1, 0.15) is 10.6 Å². The van der Waals surface area contributed by atoms with Crippen LogP contribution in [0.3, 0.4) is 0 Å². The Labute approximate surface area is 219 Å². The molecule has 2 atom stereocenters. The number of fused-ring (bicyclic) bond motifs is 2. The van der Waals surface area contributed by atoms with E-state index in [4.69, 9.17) is 9.47 Å². The van der Waals surface area contributed by atoms with E-state index in [9.17, 15) is 22.6 Å². The zero-order valence-electron chi connectivity index (χ0n) is 20.4. The predicted octanol–water partition coefficient (Wildman–Crippen LogP) is 5.22. The van der Waals surface area contributed by atoms with Crippen LogP contribution in [0.25, 0.3) is 10.8 Å². The topological polar surface area (TPSA) is 107 Å². The number of carbonyl (C=O) groups is 2. The molecule has 3 aliphatic rings. The van der Waals surface area contributed by atoms with E-state index in [0.717, 1.165) is 11.1 Å². The number of hydrogen-bond donors (Lipinski definition) is 1. The van der Waals surface area contributed by atoms with Gasteiger partial charge in [0.2, 0.25) is 0 Å². The first-order valence-electron chi connectivity index (χ1n) is 12.3. The molecule has 0 aliphatic heterocycles. The molecule has 3 aliphatic carbocycles. The number of ether oxygens (including phenoxy) is 2. The minimum atomic E-state index is -4.48. The maximum absolute atomic E-state index is 13.4. The summed E-state index contributed by atoms with van der Waals surface area (Å²) in [5.74, 6) is -1.65. The van der Waals surface area contributed by atoms with Crippen LogP contribution < -0.4 is 4.74 Å². The summed E-state index contributed by atoms with van der Waals surface area (Å²) in [5.41, 5.74) is 4.69. The fraction of sp³-hybridized carbons (Fsp3) is 0.200. The van der Waals surface area contributed by atoms with Crippen molar-refractivity contribution in [2.45, 2.75) is 36.2 Å². The van der Waals surface area contributed by atoms with E-state index >= 15 is 0 Å². The maximum atomic E-state index is 13.4. The standard InChI is InChI=1S/C30H24O7S/c1-17(29(31)37-26-14-15-27(38(33,34)35)21-11-5-4-10-20(21)26)36-30(32)25-16-24-18-8-2-6-12-22(18)28(25)23-13-7-3-9-19(23)24/h2-15,17,24-25,28H,16H2,1H3,(H,33,34,35). The number of hydrogen-bond acceptors (Lipinski definition) is 6. The van der Waals surface area contributed by atoms with E-state index < -0.39 is 34.1 Å².